The highest BCUT2D eigenvalue weighted by Crippen LogP contribution is 2.29. The van der Waals surface area contributed by atoms with Crippen LogP contribution in [0.3, 0.4) is 0 Å². The normalized spacial score (nSPS) is 14.7. The molecule has 0 atom stereocenters. The predicted molar refractivity (Wildman–Crippen MR) is 128 cm³/mol. The number of ether oxygens (including phenoxy) is 2. The van der Waals surface area contributed by atoms with Gasteiger partial charge in [0.25, 0.3) is 5.91 Å². The summed E-state index contributed by atoms with van der Waals surface area (Å²) in [5.41, 5.74) is 1.92. The van der Waals surface area contributed by atoms with Gasteiger partial charge in [-0.2, -0.15) is 0 Å². The topological polar surface area (TPSA) is 63.9 Å². The van der Waals surface area contributed by atoms with Gasteiger partial charge in [0, 0.05) is 6.08 Å². The Bertz CT molecular complexity index is 1170. The first kappa shape index (κ1) is 21.9. The molecule has 2 heterocycles. The zero-order valence-electron chi connectivity index (χ0n) is 17.6. The summed E-state index contributed by atoms with van der Waals surface area (Å²) in [6, 6.07) is 16.3. The van der Waals surface area contributed by atoms with Gasteiger partial charge in [-0.05, 0) is 74.1 Å². The van der Waals surface area contributed by atoms with Gasteiger partial charge in [0.1, 0.15) is 35.3 Å². The maximum absolute atomic E-state index is 12.9. The number of anilines is 1. The molecular weight excluding hydrogens is 448 g/mol. The lowest BCUT2D eigenvalue weighted by molar-refractivity contribution is -0.113. The van der Waals surface area contributed by atoms with E-state index in [2.05, 4.69) is 5.32 Å². The second kappa shape index (κ2) is 9.46. The van der Waals surface area contributed by atoms with Crippen molar-refractivity contribution in [3.8, 4) is 11.5 Å². The summed E-state index contributed by atoms with van der Waals surface area (Å²) in [7, 11) is 0. The molecular formula is C24H21ClN2O4S. The Kier molecular flexibility index (Phi) is 6.48. The molecule has 1 saturated heterocycles. The largest absolute Gasteiger partial charge is 0.494 e. The van der Waals surface area contributed by atoms with E-state index < -0.39 is 0 Å². The molecule has 1 aliphatic heterocycles. The van der Waals surface area contributed by atoms with Crippen LogP contribution in [-0.2, 0) is 11.4 Å². The number of hydrogen-bond donors (Lipinski definition) is 1. The zero-order chi connectivity index (χ0) is 22.7. The van der Waals surface area contributed by atoms with Crippen LogP contribution < -0.4 is 19.7 Å². The number of hydrogen-bond acceptors (Lipinski definition) is 5. The van der Waals surface area contributed by atoms with E-state index in [0.717, 1.165) is 11.3 Å². The minimum absolute atomic E-state index is 0.214. The smallest absolute Gasteiger partial charge is 0.281 e. The summed E-state index contributed by atoms with van der Waals surface area (Å²) in [6.45, 7) is 4.63. The first-order valence-electron chi connectivity index (χ1n) is 10.0. The van der Waals surface area contributed by atoms with Crippen molar-refractivity contribution >= 4 is 46.6 Å². The molecule has 1 aliphatic rings. The van der Waals surface area contributed by atoms with Crippen LogP contribution in [-0.4, -0.2) is 17.6 Å². The number of nitrogens with one attached hydrogen (secondary N) is 1. The molecule has 0 radical (unpaired) electrons. The first-order valence-corrected chi connectivity index (χ1v) is 10.8. The molecule has 1 amide bonds. The average molecular weight is 469 g/mol. The Morgan fingerprint density at radius 1 is 1.12 bits per heavy atom. The van der Waals surface area contributed by atoms with Crippen LogP contribution in [0.2, 0.25) is 5.02 Å². The second-order valence-corrected chi connectivity index (χ2v) is 7.83. The minimum atomic E-state index is -0.264. The van der Waals surface area contributed by atoms with Gasteiger partial charge in [-0.25, -0.2) is 0 Å². The van der Waals surface area contributed by atoms with E-state index in [1.54, 1.807) is 48.5 Å². The highest BCUT2D eigenvalue weighted by atomic mass is 35.5. The lowest BCUT2D eigenvalue weighted by Gasteiger charge is -2.14. The number of amides is 1. The van der Waals surface area contributed by atoms with Crippen LogP contribution in [0.4, 0.5) is 5.69 Å². The second-order valence-electron chi connectivity index (χ2n) is 7.03. The number of furan rings is 1. The minimum Gasteiger partial charge on any atom is -0.494 e. The number of rotatable bonds is 7. The van der Waals surface area contributed by atoms with E-state index in [0.29, 0.717) is 45.4 Å². The number of nitrogens with zero attached hydrogens (tertiary/aromatic N) is 1. The standard InChI is InChI=1S/C24H21ClN2O4S/c1-3-29-17-9-7-16(8-10-17)27-23(28)21(26-24(27)32)13-18-11-12-19(31-18)14-30-22-15(2)5-4-6-20(22)25/h4-13H,3,14H2,1-2H3,(H,26,32)/b21-13+. The van der Waals surface area contributed by atoms with Gasteiger partial charge in [0.2, 0.25) is 0 Å². The molecule has 3 aromatic rings. The molecule has 6 nitrogen and oxygen atoms in total. The molecule has 0 spiro atoms. The molecule has 0 saturated carbocycles. The van der Waals surface area contributed by atoms with Crippen molar-refractivity contribution in [2.45, 2.75) is 20.5 Å². The van der Waals surface area contributed by atoms with Crippen molar-refractivity contribution in [1.82, 2.24) is 5.32 Å². The first-order chi connectivity index (χ1) is 15.5. The van der Waals surface area contributed by atoms with Gasteiger partial charge in [-0.3, -0.25) is 9.69 Å². The SMILES string of the molecule is CCOc1ccc(N2C(=O)/C(=C\c3ccc(COc4c(C)cccc4Cl)o3)NC2=S)cc1. The average Bonchev–Trinajstić information content (AvgIpc) is 3.32. The van der Waals surface area contributed by atoms with Crippen molar-refractivity contribution in [2.24, 2.45) is 0 Å². The summed E-state index contributed by atoms with van der Waals surface area (Å²) < 4.78 is 17.1. The van der Waals surface area contributed by atoms with Gasteiger partial charge < -0.3 is 19.2 Å². The third-order valence-corrected chi connectivity index (χ3v) is 5.36. The number of benzene rings is 2. The van der Waals surface area contributed by atoms with Crippen molar-refractivity contribution < 1.29 is 18.7 Å². The fourth-order valence-electron chi connectivity index (χ4n) is 3.26. The Labute approximate surface area is 196 Å². The lowest BCUT2D eigenvalue weighted by Crippen LogP contribution is -2.30. The summed E-state index contributed by atoms with van der Waals surface area (Å²) in [6.07, 6.45) is 1.62. The summed E-state index contributed by atoms with van der Waals surface area (Å²) >= 11 is 11.6. The Hall–Kier alpha value is -3.29. The molecule has 1 aromatic heterocycles. The predicted octanol–water partition coefficient (Wildman–Crippen LogP) is 5.48. The van der Waals surface area contributed by atoms with Crippen molar-refractivity contribution in [3.63, 3.8) is 0 Å². The van der Waals surface area contributed by atoms with Crippen LogP contribution >= 0.6 is 23.8 Å². The third kappa shape index (κ3) is 4.64. The number of para-hydroxylation sites is 1. The van der Waals surface area contributed by atoms with Crippen LogP contribution in [0, 0.1) is 6.92 Å². The molecule has 164 valence electrons. The molecule has 1 fully saturated rings. The molecule has 0 bridgehead atoms. The molecule has 0 aliphatic carbocycles. The summed E-state index contributed by atoms with van der Waals surface area (Å²) in [5, 5.41) is 3.80. The van der Waals surface area contributed by atoms with E-state index in [4.69, 9.17) is 37.7 Å². The van der Waals surface area contributed by atoms with E-state index in [-0.39, 0.29) is 12.5 Å². The highest BCUT2D eigenvalue weighted by molar-refractivity contribution is 7.80. The van der Waals surface area contributed by atoms with Gasteiger partial charge in [-0.15, -0.1) is 0 Å². The Morgan fingerprint density at radius 3 is 2.62 bits per heavy atom. The van der Waals surface area contributed by atoms with E-state index in [1.165, 1.54) is 4.90 Å². The van der Waals surface area contributed by atoms with Gasteiger partial charge in [0.15, 0.2) is 5.11 Å². The third-order valence-electron chi connectivity index (χ3n) is 4.78. The number of carbonyl (C=O) groups is 1. The van der Waals surface area contributed by atoms with E-state index in [9.17, 15) is 4.79 Å². The van der Waals surface area contributed by atoms with Gasteiger partial charge in [-0.1, -0.05) is 23.7 Å². The summed E-state index contributed by atoms with van der Waals surface area (Å²) in [5.74, 6) is 2.20. The maximum Gasteiger partial charge on any atom is 0.281 e. The molecule has 4 rings (SSSR count). The Morgan fingerprint density at radius 2 is 1.91 bits per heavy atom. The van der Waals surface area contributed by atoms with Crippen LogP contribution in [0.1, 0.15) is 24.0 Å². The van der Waals surface area contributed by atoms with Crippen molar-refractivity contribution in [3.05, 3.63) is 82.4 Å². The summed E-state index contributed by atoms with van der Waals surface area (Å²) in [4.78, 5) is 14.4. The molecule has 32 heavy (non-hydrogen) atoms. The zero-order valence-corrected chi connectivity index (χ0v) is 19.1. The fraction of sp³-hybridized carbons (Fsp3) is 0.167. The Balaban J connectivity index is 1.46. The van der Waals surface area contributed by atoms with Crippen LogP contribution in [0.25, 0.3) is 6.08 Å². The molecule has 8 heteroatoms. The number of aryl methyl sites for hydroxylation is 1. The van der Waals surface area contributed by atoms with Crippen molar-refractivity contribution in [1.29, 1.82) is 0 Å². The molecule has 0 unspecified atom stereocenters. The number of carbonyl (C=O) groups excluding carboxylic acids is 1. The highest BCUT2D eigenvalue weighted by Gasteiger charge is 2.32. The maximum atomic E-state index is 12.9. The fourth-order valence-corrected chi connectivity index (χ4v) is 3.84. The van der Waals surface area contributed by atoms with Gasteiger partial charge >= 0.3 is 0 Å². The van der Waals surface area contributed by atoms with Crippen molar-refractivity contribution in [2.75, 3.05) is 11.5 Å². The van der Waals surface area contributed by atoms with Gasteiger partial charge in [0.05, 0.1) is 17.3 Å². The number of thiocarbonyl (C=S) groups is 1. The number of halogens is 1. The van der Waals surface area contributed by atoms with Crippen LogP contribution in [0.15, 0.2) is 64.7 Å². The van der Waals surface area contributed by atoms with Crippen LogP contribution in [0.5, 0.6) is 11.5 Å². The lowest BCUT2D eigenvalue weighted by atomic mass is 10.2. The molecule has 2 aromatic carbocycles. The van der Waals surface area contributed by atoms with E-state index in [1.807, 2.05) is 26.0 Å². The quantitative estimate of drug-likeness (QED) is 0.366. The monoisotopic (exact) mass is 468 g/mol. The van der Waals surface area contributed by atoms with E-state index >= 15 is 0 Å². The molecule has 1 N–H and O–H groups in total.